The summed E-state index contributed by atoms with van der Waals surface area (Å²) in [5.41, 5.74) is 0.454. The number of anilines is 1. The Hall–Kier alpha value is -1.88. The second-order valence-corrected chi connectivity index (χ2v) is 4.80. The molecule has 0 aliphatic rings. The van der Waals surface area contributed by atoms with Crippen molar-refractivity contribution in [3.05, 3.63) is 58.6 Å². The normalized spacial score (nSPS) is 11.3. The molecule has 2 nitrogen and oxygen atoms in total. The molecule has 0 atom stereocenters. The average Bonchev–Trinajstić information content (AvgIpc) is 2.46. The summed E-state index contributed by atoms with van der Waals surface area (Å²) >= 11 is 6.03. The third-order valence-corrected chi connectivity index (χ3v) is 3.24. The molecule has 0 aromatic heterocycles. The Bertz CT molecular complexity index is 629. The molecule has 0 unspecified atom stereocenters. The predicted molar refractivity (Wildman–Crippen MR) is 76.8 cm³/mol. The Morgan fingerprint density at radius 1 is 1.14 bits per heavy atom. The highest BCUT2D eigenvalue weighted by atomic mass is 35.5. The maximum atomic E-state index is 12.6. The summed E-state index contributed by atoms with van der Waals surface area (Å²) in [5, 5.41) is 3.48. The van der Waals surface area contributed by atoms with E-state index in [-0.39, 0.29) is 6.54 Å². The Morgan fingerprint density at radius 2 is 1.90 bits per heavy atom. The third-order valence-electron chi connectivity index (χ3n) is 2.91. The number of hydrogen-bond acceptors (Lipinski definition) is 2. The number of ether oxygens (including phenoxy) is 1. The van der Waals surface area contributed by atoms with Gasteiger partial charge in [0.05, 0.1) is 23.4 Å². The van der Waals surface area contributed by atoms with Gasteiger partial charge in [-0.05, 0) is 29.8 Å². The second-order valence-electron chi connectivity index (χ2n) is 4.40. The van der Waals surface area contributed by atoms with Gasteiger partial charge in [0.1, 0.15) is 5.75 Å². The van der Waals surface area contributed by atoms with Crippen LogP contribution >= 0.6 is 11.6 Å². The van der Waals surface area contributed by atoms with Crippen LogP contribution in [0.5, 0.6) is 5.75 Å². The standard InChI is InChI=1S/C15H13ClF3NO/c1-21-12-5-6-13(16)14(8-12)20-9-10-3-2-4-11(7-10)15(17,18)19/h2-8,20H,9H2,1H3. The van der Waals surface area contributed by atoms with Gasteiger partial charge >= 0.3 is 6.18 Å². The highest BCUT2D eigenvalue weighted by molar-refractivity contribution is 6.33. The van der Waals surface area contributed by atoms with E-state index < -0.39 is 11.7 Å². The molecule has 0 saturated carbocycles. The molecule has 0 heterocycles. The van der Waals surface area contributed by atoms with Gasteiger partial charge in [-0.1, -0.05) is 23.7 Å². The Labute approximate surface area is 125 Å². The van der Waals surface area contributed by atoms with Crippen LogP contribution in [0, 0.1) is 0 Å². The van der Waals surface area contributed by atoms with Gasteiger partial charge in [-0.3, -0.25) is 0 Å². The zero-order valence-corrected chi connectivity index (χ0v) is 11.9. The van der Waals surface area contributed by atoms with Crippen molar-refractivity contribution < 1.29 is 17.9 Å². The molecular formula is C15H13ClF3NO. The topological polar surface area (TPSA) is 21.3 Å². The summed E-state index contributed by atoms with van der Waals surface area (Å²) in [5.74, 6) is 0.617. The van der Waals surface area contributed by atoms with Gasteiger partial charge in [0.15, 0.2) is 0 Å². The Morgan fingerprint density at radius 3 is 2.57 bits per heavy atom. The van der Waals surface area contributed by atoms with Crippen LogP contribution in [0.2, 0.25) is 5.02 Å². The minimum Gasteiger partial charge on any atom is -0.497 e. The molecule has 0 aliphatic carbocycles. The molecule has 6 heteroatoms. The average molecular weight is 316 g/mol. The molecule has 0 amide bonds. The summed E-state index contributed by atoms with van der Waals surface area (Å²) in [6.07, 6.45) is -4.34. The number of hydrogen-bond donors (Lipinski definition) is 1. The zero-order chi connectivity index (χ0) is 15.5. The number of halogens is 4. The zero-order valence-electron chi connectivity index (χ0n) is 11.2. The SMILES string of the molecule is COc1ccc(Cl)c(NCc2cccc(C(F)(F)F)c2)c1. The number of methoxy groups -OCH3 is 1. The van der Waals surface area contributed by atoms with Gasteiger partial charge < -0.3 is 10.1 Å². The molecule has 2 rings (SSSR count). The molecule has 112 valence electrons. The molecule has 0 spiro atoms. The fourth-order valence-electron chi connectivity index (χ4n) is 1.82. The third kappa shape index (κ3) is 4.04. The van der Waals surface area contributed by atoms with Gasteiger partial charge in [0, 0.05) is 12.6 Å². The van der Waals surface area contributed by atoms with E-state index in [0.29, 0.717) is 22.0 Å². The monoisotopic (exact) mass is 315 g/mol. The van der Waals surface area contributed by atoms with E-state index in [1.165, 1.54) is 13.2 Å². The summed E-state index contributed by atoms with van der Waals surface area (Å²) in [4.78, 5) is 0. The van der Waals surface area contributed by atoms with E-state index >= 15 is 0 Å². The van der Waals surface area contributed by atoms with Gasteiger partial charge in [-0.15, -0.1) is 0 Å². The van der Waals surface area contributed by atoms with Gasteiger partial charge in [-0.25, -0.2) is 0 Å². The van der Waals surface area contributed by atoms with Crippen LogP contribution in [0.25, 0.3) is 0 Å². The molecule has 2 aromatic carbocycles. The fourth-order valence-corrected chi connectivity index (χ4v) is 2.01. The lowest BCUT2D eigenvalue weighted by molar-refractivity contribution is -0.137. The lowest BCUT2D eigenvalue weighted by atomic mass is 10.1. The number of alkyl halides is 3. The van der Waals surface area contributed by atoms with Crippen molar-refractivity contribution in [1.82, 2.24) is 0 Å². The van der Waals surface area contributed by atoms with Crippen LogP contribution in [0.4, 0.5) is 18.9 Å². The largest absolute Gasteiger partial charge is 0.497 e. The van der Waals surface area contributed by atoms with Crippen molar-refractivity contribution in [3.63, 3.8) is 0 Å². The number of benzene rings is 2. The molecular weight excluding hydrogens is 303 g/mol. The van der Waals surface area contributed by atoms with E-state index in [4.69, 9.17) is 16.3 Å². The first-order valence-electron chi connectivity index (χ1n) is 6.13. The molecule has 0 fully saturated rings. The van der Waals surface area contributed by atoms with Gasteiger partial charge in [0.2, 0.25) is 0 Å². The Balaban J connectivity index is 2.13. The molecule has 0 saturated heterocycles. The van der Waals surface area contributed by atoms with Crippen LogP contribution in [0.3, 0.4) is 0 Å². The summed E-state index contributed by atoms with van der Waals surface area (Å²) < 4.78 is 43.0. The van der Waals surface area contributed by atoms with Crippen molar-refractivity contribution in [2.24, 2.45) is 0 Å². The van der Waals surface area contributed by atoms with E-state index in [0.717, 1.165) is 12.1 Å². The fraction of sp³-hybridized carbons (Fsp3) is 0.200. The van der Waals surface area contributed by atoms with Crippen LogP contribution in [0.15, 0.2) is 42.5 Å². The van der Waals surface area contributed by atoms with Crippen molar-refractivity contribution in [2.45, 2.75) is 12.7 Å². The van der Waals surface area contributed by atoms with E-state index in [2.05, 4.69) is 5.32 Å². The first-order valence-corrected chi connectivity index (χ1v) is 6.51. The first-order chi connectivity index (χ1) is 9.90. The predicted octanol–water partition coefficient (Wildman–Crippen LogP) is 4.98. The maximum Gasteiger partial charge on any atom is 0.416 e. The van der Waals surface area contributed by atoms with Crippen LogP contribution in [-0.4, -0.2) is 7.11 Å². The van der Waals surface area contributed by atoms with Crippen LogP contribution < -0.4 is 10.1 Å². The smallest absolute Gasteiger partial charge is 0.416 e. The maximum absolute atomic E-state index is 12.6. The van der Waals surface area contributed by atoms with E-state index in [1.54, 1.807) is 24.3 Å². The van der Waals surface area contributed by atoms with E-state index in [1.807, 2.05) is 0 Å². The quantitative estimate of drug-likeness (QED) is 0.859. The number of nitrogens with one attached hydrogen (secondary N) is 1. The molecule has 0 aliphatic heterocycles. The summed E-state index contributed by atoms with van der Waals surface area (Å²) in [6, 6.07) is 10.2. The molecule has 0 bridgehead atoms. The second kappa shape index (κ2) is 6.26. The van der Waals surface area contributed by atoms with Crippen molar-refractivity contribution in [1.29, 1.82) is 0 Å². The van der Waals surface area contributed by atoms with Gasteiger partial charge in [-0.2, -0.15) is 13.2 Å². The summed E-state index contributed by atoms with van der Waals surface area (Å²) in [6.45, 7) is 0.233. The van der Waals surface area contributed by atoms with Crippen molar-refractivity contribution >= 4 is 17.3 Å². The first kappa shape index (κ1) is 15.5. The van der Waals surface area contributed by atoms with E-state index in [9.17, 15) is 13.2 Å². The van der Waals surface area contributed by atoms with Crippen LogP contribution in [-0.2, 0) is 12.7 Å². The lowest BCUT2D eigenvalue weighted by Crippen LogP contribution is -2.07. The van der Waals surface area contributed by atoms with Crippen LogP contribution in [0.1, 0.15) is 11.1 Å². The lowest BCUT2D eigenvalue weighted by Gasteiger charge is -2.12. The molecule has 21 heavy (non-hydrogen) atoms. The highest BCUT2D eigenvalue weighted by Gasteiger charge is 2.30. The molecule has 2 aromatic rings. The minimum absolute atomic E-state index is 0.233. The van der Waals surface area contributed by atoms with Crippen molar-refractivity contribution in [2.75, 3.05) is 12.4 Å². The minimum atomic E-state index is -4.34. The Kier molecular flexibility index (Phi) is 4.63. The molecule has 0 radical (unpaired) electrons. The number of rotatable bonds is 4. The molecule has 1 N–H and O–H groups in total. The van der Waals surface area contributed by atoms with Gasteiger partial charge in [0.25, 0.3) is 0 Å². The summed E-state index contributed by atoms with van der Waals surface area (Å²) in [7, 11) is 1.53. The highest BCUT2D eigenvalue weighted by Crippen LogP contribution is 2.30. The van der Waals surface area contributed by atoms with Crippen molar-refractivity contribution in [3.8, 4) is 5.75 Å².